The van der Waals surface area contributed by atoms with Gasteiger partial charge in [0.15, 0.2) is 6.29 Å². The Bertz CT molecular complexity index is 1220. The summed E-state index contributed by atoms with van der Waals surface area (Å²) in [6.07, 6.45) is 0.579. The van der Waals surface area contributed by atoms with E-state index in [9.17, 15) is 19.2 Å². The molecule has 4 aromatic rings. The molecule has 0 radical (unpaired) electrons. The lowest BCUT2D eigenvalue weighted by Gasteiger charge is -2.14. The molecule has 3 aromatic carbocycles. The number of methoxy groups -OCH3 is 1. The standard InChI is InChI=1S/C17H8O6/c1-22-15(19)8-3-10-9(2-7(8)6-18)11-4-13-14(5-12(10)11)17(21)23-16(13)20/h2-6H,1H3. The van der Waals surface area contributed by atoms with Gasteiger partial charge in [-0.2, -0.15) is 0 Å². The fourth-order valence-electron chi connectivity index (χ4n) is 2.96. The van der Waals surface area contributed by atoms with Gasteiger partial charge in [0, 0.05) is 5.56 Å². The minimum Gasteiger partial charge on any atom is -0.465 e. The first-order chi connectivity index (χ1) is 11.0. The van der Waals surface area contributed by atoms with Crippen LogP contribution in [0.25, 0.3) is 32.3 Å². The molecule has 0 saturated carbocycles. The van der Waals surface area contributed by atoms with Gasteiger partial charge in [0.1, 0.15) is 0 Å². The van der Waals surface area contributed by atoms with E-state index in [1.165, 1.54) is 7.11 Å². The van der Waals surface area contributed by atoms with Crippen LogP contribution in [-0.2, 0) is 4.74 Å². The van der Waals surface area contributed by atoms with Gasteiger partial charge in [-0.25, -0.2) is 14.4 Å². The fraction of sp³-hybridized carbons (Fsp3) is 0.0588. The lowest BCUT2D eigenvalue weighted by Crippen LogP contribution is -2.06. The van der Waals surface area contributed by atoms with Gasteiger partial charge < -0.3 is 9.15 Å². The number of hydrogen-bond donors (Lipinski definition) is 0. The number of benzene rings is 2. The number of rotatable bonds is 2. The van der Waals surface area contributed by atoms with Crippen molar-refractivity contribution < 1.29 is 18.7 Å². The van der Waals surface area contributed by atoms with E-state index in [0.29, 0.717) is 6.29 Å². The number of aldehydes is 1. The normalized spacial score (nSPS) is 11.5. The largest absolute Gasteiger partial charge is 0.465 e. The molecule has 4 rings (SSSR count). The van der Waals surface area contributed by atoms with Gasteiger partial charge in [-0.15, -0.1) is 0 Å². The average molecular weight is 308 g/mol. The van der Waals surface area contributed by atoms with E-state index in [2.05, 4.69) is 9.15 Å². The predicted octanol–water partition coefficient (Wildman–Crippen LogP) is 1.93. The first-order valence-electron chi connectivity index (χ1n) is 6.72. The van der Waals surface area contributed by atoms with Gasteiger partial charge >= 0.3 is 17.2 Å². The quantitative estimate of drug-likeness (QED) is 0.415. The first-order valence-corrected chi connectivity index (χ1v) is 6.72. The molecule has 0 amide bonds. The third kappa shape index (κ3) is 1.63. The number of carbonyl (C=O) groups excluding carboxylic acids is 2. The first kappa shape index (κ1) is 13.4. The van der Waals surface area contributed by atoms with Crippen molar-refractivity contribution in [3.05, 3.63) is 56.2 Å². The molecule has 0 N–H and O–H groups in total. The van der Waals surface area contributed by atoms with Gasteiger partial charge in [-0.3, -0.25) is 4.79 Å². The molecule has 1 aromatic heterocycles. The number of esters is 1. The summed E-state index contributed by atoms with van der Waals surface area (Å²) in [4.78, 5) is 46.2. The Labute approximate surface area is 127 Å². The summed E-state index contributed by atoms with van der Waals surface area (Å²) in [5.41, 5.74) is -0.992. The Hall–Kier alpha value is -3.28. The van der Waals surface area contributed by atoms with E-state index in [0.717, 1.165) is 21.5 Å². The smallest absolute Gasteiger partial charge is 0.346 e. The van der Waals surface area contributed by atoms with Crippen LogP contribution >= 0.6 is 0 Å². The number of carbonyl (C=O) groups is 2. The lowest BCUT2D eigenvalue weighted by atomic mass is 9.89. The topological polar surface area (TPSA) is 90.7 Å². The second-order valence-electron chi connectivity index (χ2n) is 5.21. The maximum Gasteiger partial charge on any atom is 0.346 e. The highest BCUT2D eigenvalue weighted by Gasteiger charge is 2.20. The maximum atomic E-state index is 11.8. The van der Waals surface area contributed by atoms with Crippen molar-refractivity contribution in [2.45, 2.75) is 0 Å². The molecule has 1 heterocycles. The summed E-state index contributed by atoms with van der Waals surface area (Å²) >= 11 is 0. The molecule has 6 nitrogen and oxygen atoms in total. The fourth-order valence-corrected chi connectivity index (χ4v) is 2.96. The Kier molecular flexibility index (Phi) is 2.54. The Morgan fingerprint density at radius 2 is 1.43 bits per heavy atom. The molecule has 0 fully saturated rings. The van der Waals surface area contributed by atoms with E-state index >= 15 is 0 Å². The minimum atomic E-state index is -0.682. The van der Waals surface area contributed by atoms with Crippen LogP contribution < -0.4 is 11.3 Å². The molecule has 0 atom stereocenters. The average Bonchev–Trinajstić information content (AvgIpc) is 2.84. The van der Waals surface area contributed by atoms with Crippen molar-refractivity contribution in [1.82, 2.24) is 0 Å². The van der Waals surface area contributed by atoms with Crippen molar-refractivity contribution in [3.63, 3.8) is 0 Å². The van der Waals surface area contributed by atoms with Gasteiger partial charge in [0.25, 0.3) is 0 Å². The molecule has 0 spiro atoms. The highest BCUT2D eigenvalue weighted by Crippen LogP contribution is 2.38. The van der Waals surface area contributed by atoms with Crippen LogP contribution in [0, 0.1) is 0 Å². The van der Waals surface area contributed by atoms with Crippen molar-refractivity contribution in [2.24, 2.45) is 0 Å². The highest BCUT2D eigenvalue weighted by molar-refractivity contribution is 6.29. The van der Waals surface area contributed by atoms with Crippen LogP contribution in [0.5, 0.6) is 0 Å². The Morgan fingerprint density at radius 1 is 0.913 bits per heavy atom. The zero-order valence-corrected chi connectivity index (χ0v) is 11.8. The van der Waals surface area contributed by atoms with Crippen molar-refractivity contribution in [2.75, 3.05) is 7.11 Å². The second-order valence-corrected chi connectivity index (χ2v) is 5.21. The minimum absolute atomic E-state index is 0.158. The van der Waals surface area contributed by atoms with Crippen LogP contribution in [0.3, 0.4) is 0 Å². The molecule has 23 heavy (non-hydrogen) atoms. The van der Waals surface area contributed by atoms with Gasteiger partial charge in [-0.1, -0.05) is 0 Å². The number of fused-ring (bicyclic) bond motifs is 5. The van der Waals surface area contributed by atoms with Crippen LogP contribution in [0.2, 0.25) is 0 Å². The summed E-state index contributed by atoms with van der Waals surface area (Å²) in [5, 5.41) is 3.35. The summed E-state index contributed by atoms with van der Waals surface area (Å²) in [6, 6.07) is 6.28. The third-order valence-corrected chi connectivity index (χ3v) is 4.09. The summed E-state index contributed by atoms with van der Waals surface area (Å²) < 4.78 is 9.26. The van der Waals surface area contributed by atoms with Crippen LogP contribution in [0.15, 0.2) is 38.3 Å². The van der Waals surface area contributed by atoms with Crippen molar-refractivity contribution in [1.29, 1.82) is 0 Å². The molecule has 6 heteroatoms. The van der Waals surface area contributed by atoms with Crippen molar-refractivity contribution >= 4 is 44.6 Å². The van der Waals surface area contributed by atoms with Crippen molar-refractivity contribution in [3.8, 4) is 0 Å². The monoisotopic (exact) mass is 308 g/mol. The molecular weight excluding hydrogens is 300 g/mol. The number of ether oxygens (including phenoxy) is 1. The molecule has 0 aliphatic heterocycles. The summed E-state index contributed by atoms with van der Waals surface area (Å²) in [5.74, 6) is -0.612. The molecule has 0 saturated heterocycles. The van der Waals surface area contributed by atoms with E-state index in [-0.39, 0.29) is 21.9 Å². The van der Waals surface area contributed by atoms with Gasteiger partial charge in [0.2, 0.25) is 0 Å². The molecular formula is C17H8O6. The van der Waals surface area contributed by atoms with E-state index < -0.39 is 17.2 Å². The van der Waals surface area contributed by atoms with Gasteiger partial charge in [0.05, 0.1) is 23.4 Å². The number of furan rings is 1. The highest BCUT2D eigenvalue weighted by atomic mass is 16.5. The predicted molar refractivity (Wildman–Crippen MR) is 82.9 cm³/mol. The zero-order valence-electron chi connectivity index (χ0n) is 11.8. The van der Waals surface area contributed by atoms with Crippen LogP contribution in [0.1, 0.15) is 20.7 Å². The van der Waals surface area contributed by atoms with E-state index in [4.69, 9.17) is 0 Å². The lowest BCUT2D eigenvalue weighted by molar-refractivity contribution is 0.0598. The molecule has 112 valence electrons. The van der Waals surface area contributed by atoms with E-state index in [1.54, 1.807) is 24.3 Å². The Balaban J connectivity index is 2.13. The molecule has 0 unspecified atom stereocenters. The summed E-state index contributed by atoms with van der Waals surface area (Å²) in [7, 11) is 1.23. The molecule has 0 bridgehead atoms. The Morgan fingerprint density at radius 3 is 1.96 bits per heavy atom. The summed E-state index contributed by atoms with van der Waals surface area (Å²) in [6.45, 7) is 0. The van der Waals surface area contributed by atoms with Crippen LogP contribution in [-0.4, -0.2) is 19.4 Å². The third-order valence-electron chi connectivity index (χ3n) is 4.09. The van der Waals surface area contributed by atoms with Crippen LogP contribution in [0.4, 0.5) is 0 Å². The molecule has 0 aliphatic carbocycles. The second kappa shape index (κ2) is 4.36. The SMILES string of the molecule is COC(=O)c1cc2c(cc1C=O)c1cc3c(=O)oc(=O)c3cc21. The van der Waals surface area contributed by atoms with E-state index in [1.807, 2.05) is 0 Å². The maximum absolute atomic E-state index is 11.8. The zero-order chi connectivity index (χ0) is 16.3. The van der Waals surface area contributed by atoms with Gasteiger partial charge in [-0.05, 0) is 45.8 Å². The molecule has 0 aliphatic rings. The number of hydrogen-bond acceptors (Lipinski definition) is 6.